The summed E-state index contributed by atoms with van der Waals surface area (Å²) in [6.07, 6.45) is -0.485. The molecule has 1 saturated heterocycles. The molecule has 2 aliphatic heterocycles. The minimum absolute atomic E-state index is 0.0921. The summed E-state index contributed by atoms with van der Waals surface area (Å²) in [7, 11) is 0. The fourth-order valence-electron chi connectivity index (χ4n) is 2.82. The van der Waals surface area contributed by atoms with Crippen molar-refractivity contribution in [3.63, 3.8) is 0 Å². The lowest BCUT2D eigenvalue weighted by Gasteiger charge is -2.45. The highest BCUT2D eigenvalue weighted by molar-refractivity contribution is 6.19. The Morgan fingerprint density at radius 2 is 1.83 bits per heavy atom. The summed E-state index contributed by atoms with van der Waals surface area (Å²) < 4.78 is 10.7. The van der Waals surface area contributed by atoms with Crippen LogP contribution in [0.3, 0.4) is 0 Å². The predicted octanol–water partition coefficient (Wildman–Crippen LogP) is 2.81. The summed E-state index contributed by atoms with van der Waals surface area (Å²) >= 11 is 0. The molecule has 1 N–H and O–H groups in total. The molecule has 1 amide bonds. The fraction of sp³-hybridized carbons (Fsp3) is 0.444. The van der Waals surface area contributed by atoms with Crippen molar-refractivity contribution in [2.75, 3.05) is 13.1 Å². The van der Waals surface area contributed by atoms with Crippen molar-refractivity contribution in [3.05, 3.63) is 41.2 Å². The van der Waals surface area contributed by atoms with E-state index in [1.807, 2.05) is 19.1 Å². The first-order valence-corrected chi connectivity index (χ1v) is 7.83. The van der Waals surface area contributed by atoms with Crippen LogP contribution >= 0.6 is 0 Å². The van der Waals surface area contributed by atoms with Gasteiger partial charge in [-0.25, -0.2) is 9.59 Å². The van der Waals surface area contributed by atoms with Crippen LogP contribution in [-0.2, 0) is 14.3 Å². The SMILES string of the molecule is Cc1ccc(C2=C(O)C3(CN(C(=O)OC(C)(C)C)C3)OC2=O)cc1. The Balaban J connectivity index is 1.79. The van der Waals surface area contributed by atoms with Gasteiger partial charge in [0, 0.05) is 0 Å². The average molecular weight is 331 g/mol. The third-order valence-corrected chi connectivity index (χ3v) is 4.05. The number of carbonyl (C=O) groups is 2. The summed E-state index contributed by atoms with van der Waals surface area (Å²) in [4.78, 5) is 25.6. The van der Waals surface area contributed by atoms with E-state index in [-0.39, 0.29) is 24.4 Å². The smallest absolute Gasteiger partial charge is 0.410 e. The van der Waals surface area contributed by atoms with Crippen molar-refractivity contribution in [2.45, 2.75) is 38.9 Å². The van der Waals surface area contributed by atoms with E-state index in [1.54, 1.807) is 32.9 Å². The van der Waals surface area contributed by atoms with Crippen LogP contribution in [0.25, 0.3) is 5.57 Å². The van der Waals surface area contributed by atoms with Crippen LogP contribution in [0.1, 0.15) is 31.9 Å². The molecule has 1 aromatic carbocycles. The Morgan fingerprint density at radius 1 is 1.25 bits per heavy atom. The van der Waals surface area contributed by atoms with Gasteiger partial charge < -0.3 is 14.6 Å². The molecule has 24 heavy (non-hydrogen) atoms. The predicted molar refractivity (Wildman–Crippen MR) is 87.4 cm³/mol. The van der Waals surface area contributed by atoms with Crippen molar-refractivity contribution < 1.29 is 24.2 Å². The molecule has 6 nitrogen and oxygen atoms in total. The zero-order valence-corrected chi connectivity index (χ0v) is 14.3. The summed E-state index contributed by atoms with van der Waals surface area (Å²) in [6.45, 7) is 7.47. The molecule has 1 spiro atoms. The Labute approximate surface area is 140 Å². The number of aliphatic hydroxyl groups excluding tert-OH is 1. The monoisotopic (exact) mass is 331 g/mol. The van der Waals surface area contributed by atoms with Gasteiger partial charge in [-0.3, -0.25) is 4.90 Å². The van der Waals surface area contributed by atoms with Crippen molar-refractivity contribution in [1.82, 2.24) is 4.90 Å². The van der Waals surface area contributed by atoms with E-state index in [2.05, 4.69) is 0 Å². The molecule has 2 aliphatic rings. The van der Waals surface area contributed by atoms with E-state index >= 15 is 0 Å². The molecule has 0 radical (unpaired) electrons. The second-order valence-corrected chi connectivity index (χ2v) is 7.31. The maximum Gasteiger partial charge on any atom is 0.410 e. The van der Waals surface area contributed by atoms with Gasteiger partial charge in [-0.15, -0.1) is 0 Å². The van der Waals surface area contributed by atoms with Gasteiger partial charge in [0.15, 0.2) is 5.76 Å². The zero-order chi connectivity index (χ0) is 17.7. The number of hydrogen-bond donors (Lipinski definition) is 1. The lowest BCUT2D eigenvalue weighted by atomic mass is 9.90. The van der Waals surface area contributed by atoms with Gasteiger partial charge in [-0.1, -0.05) is 29.8 Å². The number of likely N-dealkylation sites (tertiary alicyclic amines) is 1. The highest BCUT2D eigenvalue weighted by Gasteiger charge is 2.58. The minimum Gasteiger partial charge on any atom is -0.507 e. The van der Waals surface area contributed by atoms with Crippen molar-refractivity contribution >= 4 is 17.6 Å². The van der Waals surface area contributed by atoms with E-state index in [0.717, 1.165) is 5.56 Å². The molecule has 2 heterocycles. The van der Waals surface area contributed by atoms with Gasteiger partial charge in [-0.05, 0) is 33.3 Å². The number of nitrogens with zero attached hydrogens (tertiary/aromatic N) is 1. The molecule has 0 unspecified atom stereocenters. The zero-order valence-electron chi connectivity index (χ0n) is 14.3. The molecule has 0 aromatic heterocycles. The maximum atomic E-state index is 12.2. The average Bonchev–Trinajstić information content (AvgIpc) is 2.68. The van der Waals surface area contributed by atoms with E-state index < -0.39 is 23.3 Å². The second kappa shape index (κ2) is 5.26. The Kier molecular flexibility index (Phi) is 3.59. The number of benzene rings is 1. The van der Waals surface area contributed by atoms with Crippen molar-refractivity contribution in [2.24, 2.45) is 0 Å². The number of esters is 1. The highest BCUT2D eigenvalue weighted by atomic mass is 16.6. The van der Waals surface area contributed by atoms with Gasteiger partial charge >= 0.3 is 12.1 Å². The number of ether oxygens (including phenoxy) is 2. The van der Waals surface area contributed by atoms with Crippen molar-refractivity contribution in [3.8, 4) is 0 Å². The van der Waals surface area contributed by atoms with Crippen LogP contribution in [0.4, 0.5) is 4.79 Å². The standard InChI is InChI=1S/C18H21NO5/c1-11-5-7-12(8-6-11)13-14(20)18(23-15(13)21)9-19(10-18)16(22)24-17(2,3)4/h5-8,20H,9-10H2,1-4H3. The van der Waals surface area contributed by atoms with Crippen LogP contribution in [0.2, 0.25) is 0 Å². The Hall–Kier alpha value is -2.50. The quantitative estimate of drug-likeness (QED) is 0.801. The Morgan fingerprint density at radius 3 is 2.38 bits per heavy atom. The molecule has 6 heteroatoms. The molecule has 3 rings (SSSR count). The van der Waals surface area contributed by atoms with E-state index in [0.29, 0.717) is 5.56 Å². The lowest BCUT2D eigenvalue weighted by molar-refractivity contribution is -0.162. The largest absolute Gasteiger partial charge is 0.507 e. The summed E-state index contributed by atoms with van der Waals surface area (Å²) in [6, 6.07) is 7.26. The third kappa shape index (κ3) is 2.72. The molecular formula is C18H21NO5. The number of amides is 1. The maximum absolute atomic E-state index is 12.2. The van der Waals surface area contributed by atoms with E-state index in [4.69, 9.17) is 9.47 Å². The normalized spacial score (nSPS) is 19.3. The molecule has 0 saturated carbocycles. The first kappa shape index (κ1) is 16.4. The van der Waals surface area contributed by atoms with Crippen LogP contribution in [0, 0.1) is 6.92 Å². The topological polar surface area (TPSA) is 76.1 Å². The fourth-order valence-corrected chi connectivity index (χ4v) is 2.82. The molecule has 128 valence electrons. The molecular weight excluding hydrogens is 310 g/mol. The minimum atomic E-state index is -1.14. The van der Waals surface area contributed by atoms with Gasteiger partial charge in [0.25, 0.3) is 0 Å². The first-order valence-electron chi connectivity index (χ1n) is 7.83. The molecule has 1 fully saturated rings. The number of carbonyl (C=O) groups excluding carboxylic acids is 2. The Bertz CT molecular complexity index is 721. The van der Waals surface area contributed by atoms with Gasteiger partial charge in [-0.2, -0.15) is 0 Å². The lowest BCUT2D eigenvalue weighted by Crippen LogP contribution is -2.65. The van der Waals surface area contributed by atoms with Gasteiger partial charge in [0.05, 0.1) is 13.1 Å². The van der Waals surface area contributed by atoms with Gasteiger partial charge in [0.2, 0.25) is 5.60 Å². The second-order valence-electron chi connectivity index (χ2n) is 7.31. The highest BCUT2D eigenvalue weighted by Crippen LogP contribution is 2.42. The molecule has 0 bridgehead atoms. The number of hydrogen-bond acceptors (Lipinski definition) is 5. The first-order chi connectivity index (χ1) is 11.1. The van der Waals surface area contributed by atoms with E-state index in [1.165, 1.54) is 4.90 Å². The summed E-state index contributed by atoms with van der Waals surface area (Å²) in [5, 5.41) is 10.5. The van der Waals surface area contributed by atoms with Crippen LogP contribution in [0.15, 0.2) is 30.0 Å². The van der Waals surface area contributed by atoms with Crippen LogP contribution in [-0.4, -0.2) is 46.4 Å². The number of rotatable bonds is 1. The van der Waals surface area contributed by atoms with E-state index in [9.17, 15) is 14.7 Å². The molecule has 0 atom stereocenters. The molecule has 1 aromatic rings. The number of aryl methyl sites for hydroxylation is 1. The number of aliphatic hydroxyl groups is 1. The summed E-state index contributed by atoms with van der Waals surface area (Å²) in [5.41, 5.74) is 0.0833. The van der Waals surface area contributed by atoms with Crippen LogP contribution in [0.5, 0.6) is 0 Å². The summed E-state index contributed by atoms with van der Waals surface area (Å²) in [5.74, 6) is -0.684. The van der Waals surface area contributed by atoms with Crippen LogP contribution < -0.4 is 0 Å². The molecule has 0 aliphatic carbocycles. The third-order valence-electron chi connectivity index (χ3n) is 4.05. The van der Waals surface area contributed by atoms with Gasteiger partial charge in [0.1, 0.15) is 11.2 Å². The van der Waals surface area contributed by atoms with Crippen molar-refractivity contribution in [1.29, 1.82) is 0 Å².